The van der Waals surface area contributed by atoms with Crippen LogP contribution < -0.4 is 15.2 Å². The number of fused-ring (bicyclic) bond motifs is 7. The smallest absolute Gasteiger partial charge is 0.278 e. The number of aromatic nitrogens is 1. The number of hydrogen-bond acceptors (Lipinski definition) is 6. The van der Waals surface area contributed by atoms with E-state index in [1.54, 1.807) is 27.5 Å². The first-order valence-electron chi connectivity index (χ1n) is 11.7. The molecule has 6 rings (SSSR count). The lowest BCUT2D eigenvalue weighted by molar-refractivity contribution is 0.0625. The van der Waals surface area contributed by atoms with Crippen LogP contribution in [0, 0.1) is 0 Å². The first kappa shape index (κ1) is 21.9. The molecule has 0 saturated carbocycles. The quantitative estimate of drug-likeness (QED) is 0.523. The molecule has 0 spiro atoms. The third-order valence-corrected chi connectivity index (χ3v) is 8.07. The largest absolute Gasteiger partial charge is 0.502 e. The second-order valence-electron chi connectivity index (χ2n) is 8.85. The van der Waals surface area contributed by atoms with Gasteiger partial charge in [0.05, 0.1) is 6.04 Å². The Morgan fingerprint density at radius 2 is 1.97 bits per heavy atom. The Balaban J connectivity index is 1.69. The van der Waals surface area contributed by atoms with E-state index >= 15 is 0 Å². The fourth-order valence-corrected chi connectivity index (χ4v) is 6.32. The van der Waals surface area contributed by atoms with Gasteiger partial charge in [-0.2, -0.15) is 0 Å². The summed E-state index contributed by atoms with van der Waals surface area (Å²) in [6.45, 7) is 2.69. The van der Waals surface area contributed by atoms with Crippen LogP contribution in [0.1, 0.15) is 46.6 Å². The van der Waals surface area contributed by atoms with E-state index in [2.05, 4.69) is 23.2 Å². The zero-order valence-corrected chi connectivity index (χ0v) is 20.1. The van der Waals surface area contributed by atoms with Gasteiger partial charge in [0.2, 0.25) is 5.43 Å². The van der Waals surface area contributed by atoms with Crippen molar-refractivity contribution < 1.29 is 14.6 Å². The molecule has 2 atom stereocenters. The summed E-state index contributed by atoms with van der Waals surface area (Å²) in [5, 5.41) is 12.9. The van der Waals surface area contributed by atoms with E-state index in [9.17, 15) is 14.7 Å². The number of ether oxygens (including phenoxy) is 1. The summed E-state index contributed by atoms with van der Waals surface area (Å²) in [7, 11) is 0. The summed E-state index contributed by atoms with van der Waals surface area (Å²) in [4.78, 5) is 29.0. The van der Waals surface area contributed by atoms with Crippen LogP contribution in [0.3, 0.4) is 0 Å². The van der Waals surface area contributed by atoms with Crippen molar-refractivity contribution >= 4 is 17.7 Å². The summed E-state index contributed by atoms with van der Waals surface area (Å²) in [5.41, 5.74) is 2.70. The van der Waals surface area contributed by atoms with Crippen LogP contribution in [-0.2, 0) is 5.75 Å². The molecule has 1 amide bonds. The fraction of sp³-hybridized carbons (Fsp3) is 0.259. The molecule has 1 aromatic heterocycles. The van der Waals surface area contributed by atoms with Gasteiger partial charge in [-0.1, -0.05) is 43.3 Å². The maximum Gasteiger partial charge on any atom is 0.278 e. The number of pyridine rings is 1. The van der Waals surface area contributed by atoms with Crippen LogP contribution in [0.2, 0.25) is 0 Å². The molecule has 7 nitrogen and oxygen atoms in total. The van der Waals surface area contributed by atoms with Crippen molar-refractivity contribution in [2.24, 2.45) is 0 Å². The molecule has 3 aliphatic heterocycles. The number of benzene rings is 2. The molecule has 0 radical (unpaired) electrons. The lowest BCUT2D eigenvalue weighted by atomic mass is 9.93. The minimum absolute atomic E-state index is 0.0100. The molecule has 0 fully saturated rings. The Hall–Kier alpha value is -3.65. The second kappa shape index (κ2) is 8.53. The van der Waals surface area contributed by atoms with Crippen molar-refractivity contribution in [2.45, 2.75) is 36.1 Å². The van der Waals surface area contributed by atoms with Crippen molar-refractivity contribution in [1.29, 1.82) is 0 Å². The molecular weight excluding hydrogens is 462 g/mol. The number of hydrogen-bond donors (Lipinski definition) is 1. The molecule has 0 aliphatic carbocycles. The zero-order valence-electron chi connectivity index (χ0n) is 19.3. The molecule has 35 heavy (non-hydrogen) atoms. The third kappa shape index (κ3) is 3.43. The Labute approximate surface area is 207 Å². The van der Waals surface area contributed by atoms with Crippen LogP contribution >= 0.6 is 11.8 Å². The van der Waals surface area contributed by atoms with Crippen LogP contribution in [0.15, 0.2) is 76.6 Å². The molecule has 8 heteroatoms. The normalized spacial score (nSPS) is 21.6. The van der Waals surface area contributed by atoms with E-state index in [1.807, 2.05) is 43.3 Å². The highest BCUT2D eigenvalue weighted by molar-refractivity contribution is 7.98. The lowest BCUT2D eigenvalue weighted by Crippen LogP contribution is -2.57. The Morgan fingerprint density at radius 1 is 1.11 bits per heavy atom. The summed E-state index contributed by atoms with van der Waals surface area (Å²) in [5.74, 6) is 0.686. The lowest BCUT2D eigenvalue weighted by Gasteiger charge is -2.46. The SMILES string of the molecule is CC[C@@H]1/C=C\COc2cccc3c2C(c2ccccc2SC3)N2CN1C(=O)c1c(O)c(=O)ccn12. The Kier molecular flexibility index (Phi) is 5.33. The Morgan fingerprint density at radius 3 is 2.83 bits per heavy atom. The predicted octanol–water partition coefficient (Wildman–Crippen LogP) is 4.03. The first-order chi connectivity index (χ1) is 17.1. The van der Waals surface area contributed by atoms with Gasteiger partial charge in [-0.25, -0.2) is 0 Å². The predicted molar refractivity (Wildman–Crippen MR) is 135 cm³/mol. The summed E-state index contributed by atoms with van der Waals surface area (Å²) in [6, 6.07) is 15.2. The highest BCUT2D eigenvalue weighted by Gasteiger charge is 2.41. The summed E-state index contributed by atoms with van der Waals surface area (Å²) in [6.07, 6.45) is 6.19. The van der Waals surface area contributed by atoms with Gasteiger partial charge in [-0.15, -0.1) is 11.8 Å². The van der Waals surface area contributed by atoms with Gasteiger partial charge in [0.25, 0.3) is 5.91 Å². The van der Waals surface area contributed by atoms with E-state index < -0.39 is 11.2 Å². The molecule has 2 aromatic carbocycles. The van der Waals surface area contributed by atoms with Crippen molar-refractivity contribution in [3.8, 4) is 11.5 Å². The van der Waals surface area contributed by atoms with E-state index in [4.69, 9.17) is 4.74 Å². The molecule has 0 saturated heterocycles. The minimum Gasteiger partial charge on any atom is -0.502 e. The van der Waals surface area contributed by atoms with Crippen LogP contribution in [0.25, 0.3) is 0 Å². The van der Waals surface area contributed by atoms with Crippen LogP contribution in [0.4, 0.5) is 0 Å². The third-order valence-electron chi connectivity index (χ3n) is 6.93. The highest BCUT2D eigenvalue weighted by atomic mass is 32.2. The summed E-state index contributed by atoms with van der Waals surface area (Å²) < 4.78 is 7.96. The molecule has 3 aromatic rings. The van der Waals surface area contributed by atoms with Gasteiger partial charge >= 0.3 is 0 Å². The van der Waals surface area contributed by atoms with Gasteiger partial charge in [0.1, 0.15) is 25.1 Å². The number of rotatable bonds is 1. The molecular formula is C27H25N3O4S. The van der Waals surface area contributed by atoms with E-state index in [-0.39, 0.29) is 30.4 Å². The van der Waals surface area contributed by atoms with E-state index in [0.29, 0.717) is 13.0 Å². The molecule has 4 heterocycles. The monoisotopic (exact) mass is 487 g/mol. The van der Waals surface area contributed by atoms with Crippen LogP contribution in [-0.4, -0.2) is 39.9 Å². The van der Waals surface area contributed by atoms with Crippen molar-refractivity contribution in [2.75, 3.05) is 18.3 Å². The maximum absolute atomic E-state index is 13.7. The number of thioether (sulfide) groups is 1. The molecule has 3 aliphatic rings. The minimum atomic E-state index is -0.569. The number of nitrogens with zero attached hydrogens (tertiary/aromatic N) is 3. The van der Waals surface area contributed by atoms with E-state index in [0.717, 1.165) is 33.1 Å². The zero-order chi connectivity index (χ0) is 24.1. The number of carbonyl (C=O) groups is 1. The van der Waals surface area contributed by atoms with Gasteiger partial charge in [0.15, 0.2) is 11.4 Å². The first-order valence-corrected chi connectivity index (χ1v) is 12.7. The van der Waals surface area contributed by atoms with E-state index in [1.165, 1.54) is 6.07 Å². The Bertz CT molecular complexity index is 1420. The number of aromatic hydroxyl groups is 1. The van der Waals surface area contributed by atoms with Crippen molar-refractivity contribution in [1.82, 2.24) is 9.58 Å². The average molecular weight is 488 g/mol. The van der Waals surface area contributed by atoms with Gasteiger partial charge in [-0.3, -0.25) is 19.3 Å². The molecule has 2 bridgehead atoms. The average Bonchev–Trinajstić information content (AvgIpc) is 3.05. The highest BCUT2D eigenvalue weighted by Crippen LogP contribution is 2.46. The summed E-state index contributed by atoms with van der Waals surface area (Å²) >= 11 is 1.77. The van der Waals surface area contributed by atoms with Crippen molar-refractivity contribution in [3.05, 3.63) is 99.5 Å². The van der Waals surface area contributed by atoms with Gasteiger partial charge < -0.3 is 14.7 Å². The van der Waals surface area contributed by atoms with Crippen molar-refractivity contribution in [3.63, 3.8) is 0 Å². The molecule has 1 unspecified atom stereocenters. The standard InChI is InChI=1S/C27H25N3O4S/c1-2-18-8-6-14-34-21-10-5-7-17-15-35-22-11-4-3-9-19(22)24(23(17)21)30-16-28(18)27(33)25-26(32)20(31)12-13-29(25)30/h3-13,18,24,32H,2,14-16H2,1H3/b8-6-/t18-,24?/m1/s1. The fourth-order valence-electron chi connectivity index (χ4n) is 5.24. The maximum atomic E-state index is 13.7. The second-order valence-corrected chi connectivity index (χ2v) is 9.87. The number of carbonyl (C=O) groups excluding carboxylic acids is 1. The topological polar surface area (TPSA) is 75.0 Å². The van der Waals surface area contributed by atoms with Gasteiger partial charge in [-0.05, 0) is 35.8 Å². The number of amides is 1. The molecule has 1 N–H and O–H groups in total. The van der Waals surface area contributed by atoms with Gasteiger partial charge in [0, 0.05) is 28.5 Å². The van der Waals surface area contributed by atoms with Crippen LogP contribution in [0.5, 0.6) is 11.5 Å². The molecule has 178 valence electrons.